The molecule has 1 amide bonds. The van der Waals surface area contributed by atoms with Crippen molar-refractivity contribution in [3.8, 4) is 27.6 Å². The van der Waals surface area contributed by atoms with Gasteiger partial charge in [-0.2, -0.15) is 5.10 Å². The molecule has 3 heterocycles. The van der Waals surface area contributed by atoms with E-state index in [0.29, 0.717) is 17.9 Å². The van der Waals surface area contributed by atoms with Crippen LogP contribution in [0.4, 0.5) is 0 Å². The molecule has 6 nitrogen and oxygen atoms in total. The average molecular weight is 466 g/mol. The Morgan fingerprint density at radius 1 is 0.971 bits per heavy atom. The number of thiazole rings is 1. The monoisotopic (exact) mass is 465 g/mol. The number of hydrogen-bond donors (Lipinski definition) is 1. The van der Waals surface area contributed by atoms with Gasteiger partial charge in [0.1, 0.15) is 5.01 Å². The maximum atomic E-state index is 12.7. The molecular formula is C27H23N5OS. The average Bonchev–Trinajstić information content (AvgIpc) is 3.51. The number of benzene rings is 2. The fourth-order valence-corrected chi connectivity index (χ4v) is 4.48. The molecule has 1 N–H and O–H groups in total. The van der Waals surface area contributed by atoms with Crippen LogP contribution in [0.25, 0.3) is 27.6 Å². The predicted octanol–water partition coefficient (Wildman–Crippen LogP) is 5.60. The highest BCUT2D eigenvalue weighted by Crippen LogP contribution is 2.29. The van der Waals surface area contributed by atoms with Gasteiger partial charge in [-0.15, -0.1) is 11.3 Å². The van der Waals surface area contributed by atoms with Crippen LogP contribution in [0.1, 0.15) is 27.2 Å². The molecular weight excluding hydrogens is 442 g/mol. The number of amides is 1. The third kappa shape index (κ3) is 4.51. The van der Waals surface area contributed by atoms with Crippen LogP contribution >= 0.6 is 11.3 Å². The van der Waals surface area contributed by atoms with Crippen LogP contribution in [0.15, 0.2) is 84.5 Å². The number of pyridine rings is 1. The van der Waals surface area contributed by atoms with Crippen molar-refractivity contribution >= 4 is 17.2 Å². The van der Waals surface area contributed by atoms with Crippen molar-refractivity contribution in [2.45, 2.75) is 20.4 Å². The minimum absolute atomic E-state index is 0.161. The van der Waals surface area contributed by atoms with Crippen LogP contribution in [0, 0.1) is 13.8 Å². The lowest BCUT2D eigenvalue weighted by atomic mass is 10.1. The summed E-state index contributed by atoms with van der Waals surface area (Å²) < 4.78 is 1.67. The van der Waals surface area contributed by atoms with Gasteiger partial charge in [0, 0.05) is 29.2 Å². The zero-order chi connectivity index (χ0) is 23.5. The Morgan fingerprint density at radius 3 is 2.47 bits per heavy atom. The molecule has 5 aromatic rings. The number of hydrogen-bond acceptors (Lipinski definition) is 5. The van der Waals surface area contributed by atoms with Gasteiger partial charge in [-0.3, -0.25) is 4.79 Å². The van der Waals surface area contributed by atoms with Gasteiger partial charge in [-0.05, 0) is 31.5 Å². The van der Waals surface area contributed by atoms with Gasteiger partial charge >= 0.3 is 0 Å². The Bertz CT molecular complexity index is 1420. The number of nitrogens with zero attached hydrogens (tertiary/aromatic N) is 4. The van der Waals surface area contributed by atoms with Gasteiger partial charge in [-0.25, -0.2) is 14.6 Å². The first-order chi connectivity index (χ1) is 16.6. The molecule has 34 heavy (non-hydrogen) atoms. The molecule has 0 atom stereocenters. The largest absolute Gasteiger partial charge is 0.348 e. The Morgan fingerprint density at radius 2 is 1.74 bits per heavy atom. The van der Waals surface area contributed by atoms with Crippen molar-refractivity contribution in [2.24, 2.45) is 0 Å². The van der Waals surface area contributed by atoms with Gasteiger partial charge in [0.05, 0.1) is 23.1 Å². The van der Waals surface area contributed by atoms with Gasteiger partial charge in [0.25, 0.3) is 5.91 Å². The summed E-state index contributed by atoms with van der Waals surface area (Å²) in [7, 11) is 0. The van der Waals surface area contributed by atoms with E-state index in [0.717, 1.165) is 33.1 Å². The van der Waals surface area contributed by atoms with Crippen LogP contribution in [0.3, 0.4) is 0 Å². The molecule has 168 valence electrons. The van der Waals surface area contributed by atoms with Crippen LogP contribution in [0.5, 0.6) is 0 Å². The first kappa shape index (κ1) is 21.7. The summed E-state index contributed by atoms with van der Waals surface area (Å²) in [6.07, 6.45) is 3.28. The molecule has 0 bridgehead atoms. The summed E-state index contributed by atoms with van der Waals surface area (Å²) in [4.78, 5) is 21.8. The normalized spacial score (nSPS) is 10.9. The predicted molar refractivity (Wildman–Crippen MR) is 135 cm³/mol. The molecule has 0 aliphatic carbocycles. The number of aromatic nitrogens is 4. The number of aryl methyl sites for hydroxylation is 1. The first-order valence-corrected chi connectivity index (χ1v) is 11.8. The summed E-state index contributed by atoms with van der Waals surface area (Å²) in [5, 5.41) is 10.4. The summed E-state index contributed by atoms with van der Waals surface area (Å²) in [5.74, 6) is 0.522. The Labute approximate surface area is 202 Å². The van der Waals surface area contributed by atoms with Crippen LogP contribution in [-0.2, 0) is 6.54 Å². The van der Waals surface area contributed by atoms with Crippen molar-refractivity contribution in [1.82, 2.24) is 25.1 Å². The Hall–Kier alpha value is -4.10. The standard InChI is InChI=1S/C27H23N5OS/c1-18-6-10-21(11-7-18)24-17-34-27(31-24)22-12-8-20(9-13-22)15-29-26(33)23-16-30-32(19(23)2)25-5-3-4-14-28-25/h3-14,16-17H,15H2,1-2H3,(H,29,33). The molecule has 5 rings (SSSR count). The zero-order valence-electron chi connectivity index (χ0n) is 18.9. The van der Waals surface area contributed by atoms with Crippen molar-refractivity contribution in [3.05, 3.63) is 107 Å². The molecule has 0 aliphatic heterocycles. The number of nitrogens with one attached hydrogen (secondary N) is 1. The third-order valence-electron chi connectivity index (χ3n) is 5.63. The van der Waals surface area contributed by atoms with E-state index >= 15 is 0 Å². The van der Waals surface area contributed by atoms with Crippen LogP contribution in [0.2, 0.25) is 0 Å². The maximum Gasteiger partial charge on any atom is 0.255 e. The highest BCUT2D eigenvalue weighted by Gasteiger charge is 2.15. The lowest BCUT2D eigenvalue weighted by Crippen LogP contribution is -2.23. The molecule has 0 radical (unpaired) electrons. The van der Waals surface area contributed by atoms with E-state index in [9.17, 15) is 4.79 Å². The minimum atomic E-state index is -0.161. The molecule has 0 spiro atoms. The Kier molecular flexibility index (Phi) is 6.01. The third-order valence-corrected chi connectivity index (χ3v) is 6.52. The molecule has 0 aliphatic rings. The lowest BCUT2D eigenvalue weighted by Gasteiger charge is -2.07. The van der Waals surface area contributed by atoms with Gasteiger partial charge in [0.2, 0.25) is 0 Å². The SMILES string of the molecule is Cc1ccc(-c2csc(-c3ccc(CNC(=O)c4cnn(-c5ccccn5)c4C)cc3)n2)cc1. The molecule has 7 heteroatoms. The molecule has 0 saturated carbocycles. The fourth-order valence-electron chi connectivity index (χ4n) is 3.65. The highest BCUT2D eigenvalue weighted by molar-refractivity contribution is 7.13. The zero-order valence-corrected chi connectivity index (χ0v) is 19.7. The summed E-state index contributed by atoms with van der Waals surface area (Å²) >= 11 is 1.63. The van der Waals surface area contributed by atoms with E-state index in [1.807, 2.05) is 49.4 Å². The van der Waals surface area contributed by atoms with Crippen LogP contribution < -0.4 is 5.32 Å². The van der Waals surface area contributed by atoms with Crippen molar-refractivity contribution in [3.63, 3.8) is 0 Å². The van der Waals surface area contributed by atoms with Crippen molar-refractivity contribution < 1.29 is 4.79 Å². The molecule has 0 unspecified atom stereocenters. The number of carbonyl (C=O) groups excluding carboxylic acids is 1. The smallest absolute Gasteiger partial charge is 0.255 e. The van der Waals surface area contributed by atoms with E-state index in [4.69, 9.17) is 4.98 Å². The number of rotatable bonds is 6. The number of carbonyl (C=O) groups is 1. The fraction of sp³-hybridized carbons (Fsp3) is 0.111. The van der Waals surface area contributed by atoms with Gasteiger partial charge < -0.3 is 5.32 Å². The van der Waals surface area contributed by atoms with Gasteiger partial charge in [-0.1, -0.05) is 60.2 Å². The van der Waals surface area contributed by atoms with Crippen LogP contribution in [-0.4, -0.2) is 25.7 Å². The summed E-state index contributed by atoms with van der Waals surface area (Å²) in [5.41, 5.74) is 6.70. The van der Waals surface area contributed by atoms with E-state index in [-0.39, 0.29) is 5.91 Å². The Balaban J connectivity index is 1.24. The second-order valence-corrected chi connectivity index (χ2v) is 8.89. The van der Waals surface area contributed by atoms with Crippen molar-refractivity contribution in [2.75, 3.05) is 0 Å². The van der Waals surface area contributed by atoms with E-state index < -0.39 is 0 Å². The quantitative estimate of drug-likeness (QED) is 0.354. The maximum absolute atomic E-state index is 12.7. The highest BCUT2D eigenvalue weighted by atomic mass is 32.1. The second kappa shape index (κ2) is 9.41. The second-order valence-electron chi connectivity index (χ2n) is 8.03. The topological polar surface area (TPSA) is 72.7 Å². The molecule has 0 fully saturated rings. The van der Waals surface area contributed by atoms with E-state index in [1.165, 1.54) is 5.56 Å². The molecule has 3 aromatic heterocycles. The van der Waals surface area contributed by atoms with Crippen molar-refractivity contribution in [1.29, 1.82) is 0 Å². The first-order valence-electron chi connectivity index (χ1n) is 10.9. The van der Waals surface area contributed by atoms with E-state index in [1.54, 1.807) is 28.4 Å². The summed E-state index contributed by atoms with van der Waals surface area (Å²) in [6, 6.07) is 22.1. The molecule has 0 saturated heterocycles. The minimum Gasteiger partial charge on any atom is -0.348 e. The lowest BCUT2D eigenvalue weighted by molar-refractivity contribution is 0.0950. The molecule has 2 aromatic carbocycles. The van der Waals surface area contributed by atoms with Gasteiger partial charge in [0.15, 0.2) is 5.82 Å². The summed E-state index contributed by atoms with van der Waals surface area (Å²) in [6.45, 7) is 4.38. The van der Waals surface area contributed by atoms with E-state index in [2.05, 4.69) is 52.0 Å².